The van der Waals surface area contributed by atoms with E-state index in [4.69, 9.17) is 0 Å². The maximum Gasteiger partial charge on any atom is 0.0869 e. The standard InChI is InChI=1S/C33H49N/c1-8-31(25-12-10-9-11-22(25)2)34(7)23(3)29-15-16-30-28-14-13-24-21-32(4,5)19-17-26(24)27(28)18-20-33(29,30)6/h9-12,23-24,26-30H,1,13-21H2,2-7H3/t23-,24?,26+,27-,28-,29-,30+,33?/m1/s1. The SMILES string of the molecule is C=C=C(c1ccccc1C)N(C)[C@H](C)[C@H]1CC[C@H]2[C@@H]3CCC4CC(C)(C)CC[C@@H]4[C@H]3CCC12C. The van der Waals surface area contributed by atoms with Gasteiger partial charge in [0.25, 0.3) is 0 Å². The van der Waals surface area contributed by atoms with E-state index >= 15 is 0 Å². The maximum absolute atomic E-state index is 4.11. The van der Waals surface area contributed by atoms with E-state index in [1.54, 1.807) is 0 Å². The average molecular weight is 460 g/mol. The summed E-state index contributed by atoms with van der Waals surface area (Å²) < 4.78 is 0. The average Bonchev–Trinajstić information content (AvgIpc) is 3.16. The Bertz CT molecular complexity index is 951. The molecule has 4 saturated carbocycles. The molecule has 4 aliphatic rings. The van der Waals surface area contributed by atoms with Gasteiger partial charge in [-0.3, -0.25) is 0 Å². The van der Waals surface area contributed by atoms with Crippen LogP contribution in [-0.4, -0.2) is 18.0 Å². The van der Waals surface area contributed by atoms with Gasteiger partial charge in [-0.15, -0.1) is 5.73 Å². The Morgan fingerprint density at radius 1 is 0.971 bits per heavy atom. The zero-order valence-corrected chi connectivity index (χ0v) is 22.9. The number of hydrogen-bond acceptors (Lipinski definition) is 1. The van der Waals surface area contributed by atoms with E-state index in [1.807, 2.05) is 0 Å². The third-order valence-corrected chi connectivity index (χ3v) is 11.7. The van der Waals surface area contributed by atoms with Crippen LogP contribution in [0.15, 0.2) is 36.6 Å². The molecule has 0 bridgehead atoms. The first-order valence-electron chi connectivity index (χ1n) is 14.3. The van der Waals surface area contributed by atoms with Gasteiger partial charge >= 0.3 is 0 Å². The normalized spacial score (nSPS) is 39.2. The van der Waals surface area contributed by atoms with Crippen molar-refractivity contribution in [3.8, 4) is 0 Å². The minimum atomic E-state index is 0.494. The molecule has 0 saturated heterocycles. The highest BCUT2D eigenvalue weighted by molar-refractivity contribution is 5.66. The van der Waals surface area contributed by atoms with Crippen LogP contribution in [0.4, 0.5) is 0 Å². The summed E-state index contributed by atoms with van der Waals surface area (Å²) in [7, 11) is 2.29. The van der Waals surface area contributed by atoms with Gasteiger partial charge in [-0.1, -0.05) is 51.6 Å². The third kappa shape index (κ3) is 3.91. The van der Waals surface area contributed by atoms with Crippen molar-refractivity contribution in [1.82, 2.24) is 4.90 Å². The molecule has 0 amide bonds. The van der Waals surface area contributed by atoms with Crippen LogP contribution in [0.2, 0.25) is 0 Å². The van der Waals surface area contributed by atoms with Gasteiger partial charge in [0.15, 0.2) is 0 Å². The number of nitrogens with zero attached hydrogens (tertiary/aromatic N) is 1. The number of rotatable bonds is 4. The number of fused-ring (bicyclic) bond motifs is 5. The molecule has 0 radical (unpaired) electrons. The Morgan fingerprint density at radius 3 is 2.44 bits per heavy atom. The van der Waals surface area contributed by atoms with Crippen molar-refractivity contribution < 1.29 is 0 Å². The number of aryl methyl sites for hydroxylation is 1. The molecule has 1 nitrogen and oxygen atoms in total. The van der Waals surface area contributed by atoms with Gasteiger partial charge in [0.1, 0.15) is 0 Å². The van der Waals surface area contributed by atoms with Crippen LogP contribution in [0.1, 0.15) is 96.6 Å². The van der Waals surface area contributed by atoms with E-state index in [1.165, 1.54) is 74.6 Å². The smallest absolute Gasteiger partial charge is 0.0869 e. The van der Waals surface area contributed by atoms with E-state index in [0.29, 0.717) is 16.9 Å². The summed E-state index contributed by atoms with van der Waals surface area (Å²) in [5.74, 6) is 5.78. The highest BCUT2D eigenvalue weighted by atomic mass is 15.1. The zero-order chi connectivity index (χ0) is 24.3. The molecule has 34 heavy (non-hydrogen) atoms. The maximum atomic E-state index is 4.11. The second kappa shape index (κ2) is 8.89. The number of benzene rings is 1. The van der Waals surface area contributed by atoms with Crippen LogP contribution < -0.4 is 0 Å². The Hall–Kier alpha value is -1.46. The molecule has 1 aromatic rings. The van der Waals surface area contributed by atoms with Gasteiger partial charge in [-0.05, 0) is 124 Å². The van der Waals surface area contributed by atoms with Crippen molar-refractivity contribution in [2.75, 3.05) is 7.05 Å². The highest BCUT2D eigenvalue weighted by Crippen LogP contribution is 2.65. The van der Waals surface area contributed by atoms with Gasteiger partial charge in [-0.25, -0.2) is 0 Å². The minimum absolute atomic E-state index is 0.494. The van der Waals surface area contributed by atoms with Gasteiger partial charge in [0.2, 0.25) is 0 Å². The molecule has 4 fully saturated rings. The molecule has 2 unspecified atom stereocenters. The summed E-state index contributed by atoms with van der Waals surface area (Å²) in [6.07, 6.45) is 13.3. The molecule has 186 valence electrons. The predicted molar refractivity (Wildman–Crippen MR) is 145 cm³/mol. The summed E-state index contributed by atoms with van der Waals surface area (Å²) in [5.41, 5.74) is 8.18. The van der Waals surface area contributed by atoms with Crippen molar-refractivity contribution in [2.24, 2.45) is 46.3 Å². The van der Waals surface area contributed by atoms with E-state index in [9.17, 15) is 0 Å². The largest absolute Gasteiger partial charge is 0.365 e. The fraction of sp³-hybridized carbons (Fsp3) is 0.727. The van der Waals surface area contributed by atoms with Crippen LogP contribution in [0, 0.1) is 53.3 Å². The van der Waals surface area contributed by atoms with Crippen LogP contribution in [0.25, 0.3) is 5.70 Å². The van der Waals surface area contributed by atoms with E-state index in [0.717, 1.165) is 35.5 Å². The molecule has 5 rings (SSSR count). The van der Waals surface area contributed by atoms with Gasteiger partial charge in [-0.2, -0.15) is 0 Å². The van der Waals surface area contributed by atoms with Crippen LogP contribution in [0.5, 0.6) is 0 Å². The van der Waals surface area contributed by atoms with Gasteiger partial charge in [0.05, 0.1) is 5.70 Å². The second-order valence-corrected chi connectivity index (χ2v) is 13.8. The molecular formula is C33H49N. The van der Waals surface area contributed by atoms with Crippen LogP contribution in [-0.2, 0) is 0 Å². The lowest BCUT2D eigenvalue weighted by molar-refractivity contribution is -0.0810. The fourth-order valence-corrected chi connectivity index (χ4v) is 9.86. The first kappa shape index (κ1) is 24.2. The summed E-state index contributed by atoms with van der Waals surface area (Å²) in [5, 5.41) is 0. The predicted octanol–water partition coefficient (Wildman–Crippen LogP) is 8.74. The molecular weight excluding hydrogens is 410 g/mol. The molecule has 1 heteroatoms. The third-order valence-electron chi connectivity index (χ3n) is 11.7. The van der Waals surface area contributed by atoms with Crippen molar-refractivity contribution >= 4 is 5.70 Å². The highest BCUT2D eigenvalue weighted by Gasteiger charge is 2.58. The quantitative estimate of drug-likeness (QED) is 0.407. The van der Waals surface area contributed by atoms with Crippen LogP contribution in [0.3, 0.4) is 0 Å². The second-order valence-electron chi connectivity index (χ2n) is 13.8. The van der Waals surface area contributed by atoms with Gasteiger partial charge < -0.3 is 4.90 Å². The fourth-order valence-electron chi connectivity index (χ4n) is 9.86. The Morgan fingerprint density at radius 2 is 1.71 bits per heavy atom. The molecule has 0 heterocycles. The Balaban J connectivity index is 1.34. The molecule has 8 atom stereocenters. The van der Waals surface area contributed by atoms with E-state index in [-0.39, 0.29) is 0 Å². The Kier molecular flexibility index (Phi) is 6.34. The lowest BCUT2D eigenvalue weighted by atomic mass is 9.48. The summed E-state index contributed by atoms with van der Waals surface area (Å²) in [6, 6.07) is 9.24. The number of hydrogen-bond donors (Lipinski definition) is 0. The summed E-state index contributed by atoms with van der Waals surface area (Å²) in [6.45, 7) is 16.5. The van der Waals surface area contributed by atoms with E-state index < -0.39 is 0 Å². The zero-order valence-electron chi connectivity index (χ0n) is 22.9. The van der Waals surface area contributed by atoms with E-state index in [2.05, 4.69) is 83.1 Å². The summed E-state index contributed by atoms with van der Waals surface area (Å²) in [4.78, 5) is 2.51. The molecule has 0 aliphatic heterocycles. The molecule has 1 aromatic carbocycles. The van der Waals surface area contributed by atoms with Crippen molar-refractivity contribution in [1.29, 1.82) is 0 Å². The molecule has 0 N–H and O–H groups in total. The lowest BCUT2D eigenvalue weighted by Crippen LogP contribution is -2.51. The molecule has 4 aliphatic carbocycles. The van der Waals surface area contributed by atoms with Crippen molar-refractivity contribution in [3.05, 3.63) is 47.7 Å². The lowest BCUT2D eigenvalue weighted by Gasteiger charge is -2.58. The first-order chi connectivity index (χ1) is 16.2. The van der Waals surface area contributed by atoms with Crippen LogP contribution >= 0.6 is 0 Å². The summed E-state index contributed by atoms with van der Waals surface area (Å²) >= 11 is 0. The van der Waals surface area contributed by atoms with Crippen molar-refractivity contribution in [3.63, 3.8) is 0 Å². The Labute approximate surface area is 210 Å². The van der Waals surface area contributed by atoms with Gasteiger partial charge in [0, 0.05) is 18.7 Å². The topological polar surface area (TPSA) is 3.24 Å². The first-order valence-corrected chi connectivity index (χ1v) is 14.3. The molecule has 0 aromatic heterocycles. The monoisotopic (exact) mass is 459 g/mol. The minimum Gasteiger partial charge on any atom is -0.365 e. The molecule has 0 spiro atoms. The van der Waals surface area contributed by atoms with Crippen molar-refractivity contribution in [2.45, 2.75) is 98.4 Å².